The molecule has 1 aromatic carbocycles. The Morgan fingerprint density at radius 3 is 2.39 bits per heavy atom. The van der Waals surface area contributed by atoms with Crippen LogP contribution in [0.5, 0.6) is 17.2 Å². The van der Waals surface area contributed by atoms with Gasteiger partial charge in [-0.3, -0.25) is 9.35 Å². The van der Waals surface area contributed by atoms with Gasteiger partial charge in [-0.15, -0.1) is 0 Å². The molecule has 1 aromatic rings. The van der Waals surface area contributed by atoms with Gasteiger partial charge in [-0.25, -0.2) is 0 Å². The molecular formula is C10H12O7S. The number of Topliss-reactive ketones (excluding diaryl/α,β-unsaturated/α-hetero) is 1. The average molecular weight is 276 g/mol. The first-order valence-corrected chi connectivity index (χ1v) is 6.37. The van der Waals surface area contributed by atoms with Crippen molar-refractivity contribution in [2.45, 2.75) is 19.8 Å². The monoisotopic (exact) mass is 276 g/mol. The third kappa shape index (κ3) is 3.60. The molecule has 0 unspecified atom stereocenters. The minimum absolute atomic E-state index is 0.143. The van der Waals surface area contributed by atoms with Crippen molar-refractivity contribution in [2.24, 2.45) is 0 Å². The van der Waals surface area contributed by atoms with Crippen LogP contribution >= 0.6 is 0 Å². The first-order valence-electron chi connectivity index (χ1n) is 5.00. The lowest BCUT2D eigenvalue weighted by atomic mass is 10.1. The molecule has 0 saturated carbocycles. The predicted octanol–water partition coefficient (Wildman–Crippen LogP) is 1.26. The van der Waals surface area contributed by atoms with Crippen LogP contribution in [0.15, 0.2) is 12.1 Å². The molecule has 0 aromatic heterocycles. The molecule has 18 heavy (non-hydrogen) atoms. The van der Waals surface area contributed by atoms with Crippen molar-refractivity contribution >= 4 is 16.2 Å². The number of phenolic OH excluding ortho intramolecular Hbond substituents is 2. The van der Waals surface area contributed by atoms with Crippen LogP contribution in [0.4, 0.5) is 0 Å². The van der Waals surface area contributed by atoms with E-state index in [2.05, 4.69) is 4.18 Å². The van der Waals surface area contributed by atoms with Gasteiger partial charge in [0, 0.05) is 18.6 Å². The zero-order valence-corrected chi connectivity index (χ0v) is 10.3. The SMILES string of the molecule is CCCC(=O)c1cc(OS(=O)(=O)O)c(O)cc1O. The van der Waals surface area contributed by atoms with Gasteiger partial charge >= 0.3 is 10.4 Å². The summed E-state index contributed by atoms with van der Waals surface area (Å²) in [5.41, 5.74) is -0.187. The van der Waals surface area contributed by atoms with Crippen LogP contribution in [-0.4, -0.2) is 29.0 Å². The Labute approximate surface area is 104 Å². The van der Waals surface area contributed by atoms with E-state index in [9.17, 15) is 23.4 Å². The van der Waals surface area contributed by atoms with Crippen LogP contribution in [0.2, 0.25) is 0 Å². The lowest BCUT2D eigenvalue weighted by Gasteiger charge is -2.08. The van der Waals surface area contributed by atoms with Crippen molar-refractivity contribution < 1.29 is 32.2 Å². The highest BCUT2D eigenvalue weighted by Gasteiger charge is 2.18. The number of phenols is 2. The Kier molecular flexibility index (Phi) is 4.15. The first-order chi connectivity index (χ1) is 8.24. The molecule has 0 bridgehead atoms. The number of benzene rings is 1. The van der Waals surface area contributed by atoms with Gasteiger partial charge in [0.1, 0.15) is 5.75 Å². The van der Waals surface area contributed by atoms with E-state index >= 15 is 0 Å². The highest BCUT2D eigenvalue weighted by molar-refractivity contribution is 7.81. The number of hydrogen-bond acceptors (Lipinski definition) is 6. The number of rotatable bonds is 5. The van der Waals surface area contributed by atoms with Gasteiger partial charge in [-0.05, 0) is 6.42 Å². The van der Waals surface area contributed by atoms with Crippen LogP contribution in [0.25, 0.3) is 0 Å². The van der Waals surface area contributed by atoms with Crippen molar-refractivity contribution in [1.29, 1.82) is 0 Å². The zero-order valence-electron chi connectivity index (χ0n) is 9.45. The van der Waals surface area contributed by atoms with E-state index in [4.69, 9.17) is 4.55 Å². The van der Waals surface area contributed by atoms with Gasteiger partial charge in [-0.1, -0.05) is 6.92 Å². The summed E-state index contributed by atoms with van der Waals surface area (Å²) in [4.78, 5) is 11.6. The number of aromatic hydroxyl groups is 2. The molecule has 3 N–H and O–H groups in total. The summed E-state index contributed by atoms with van der Waals surface area (Å²) in [6, 6.07) is 1.62. The number of carbonyl (C=O) groups is 1. The first kappa shape index (κ1) is 14.3. The minimum atomic E-state index is -4.82. The molecule has 0 heterocycles. The molecule has 8 heteroatoms. The van der Waals surface area contributed by atoms with E-state index in [-0.39, 0.29) is 12.0 Å². The van der Waals surface area contributed by atoms with Crippen LogP contribution in [0.3, 0.4) is 0 Å². The molecule has 1 rings (SSSR count). The van der Waals surface area contributed by atoms with Crippen molar-refractivity contribution in [3.63, 3.8) is 0 Å². The Hall–Kier alpha value is -1.80. The molecule has 0 atom stereocenters. The van der Waals surface area contributed by atoms with Crippen LogP contribution in [0, 0.1) is 0 Å². The quantitative estimate of drug-likeness (QED) is 0.546. The largest absolute Gasteiger partial charge is 0.507 e. The van der Waals surface area contributed by atoms with Crippen molar-refractivity contribution in [2.75, 3.05) is 0 Å². The van der Waals surface area contributed by atoms with Gasteiger partial charge in [0.2, 0.25) is 0 Å². The third-order valence-electron chi connectivity index (χ3n) is 2.05. The summed E-state index contributed by atoms with van der Waals surface area (Å²) < 4.78 is 33.6. The highest BCUT2D eigenvalue weighted by Crippen LogP contribution is 2.34. The Bertz CT molecular complexity index is 562. The molecular weight excluding hydrogens is 264 g/mol. The molecule has 0 saturated heterocycles. The molecule has 0 spiro atoms. The number of ketones is 1. The van der Waals surface area contributed by atoms with E-state index in [1.807, 2.05) is 0 Å². The third-order valence-corrected chi connectivity index (χ3v) is 2.44. The summed E-state index contributed by atoms with van der Waals surface area (Å²) in [6.07, 6.45) is 0.678. The lowest BCUT2D eigenvalue weighted by Crippen LogP contribution is -2.08. The van der Waals surface area contributed by atoms with E-state index in [0.29, 0.717) is 6.42 Å². The molecule has 0 fully saturated rings. The summed E-state index contributed by atoms with van der Waals surface area (Å²) in [6.45, 7) is 1.75. The van der Waals surface area contributed by atoms with E-state index in [0.717, 1.165) is 12.1 Å². The molecule has 0 amide bonds. The minimum Gasteiger partial charge on any atom is -0.507 e. The Morgan fingerprint density at radius 2 is 1.89 bits per heavy atom. The molecule has 100 valence electrons. The van der Waals surface area contributed by atoms with Gasteiger partial charge < -0.3 is 14.4 Å². The maximum absolute atomic E-state index is 11.6. The second-order valence-electron chi connectivity index (χ2n) is 3.52. The number of hydrogen-bond donors (Lipinski definition) is 3. The Morgan fingerprint density at radius 1 is 1.28 bits per heavy atom. The van der Waals surface area contributed by atoms with Gasteiger partial charge in [0.05, 0.1) is 5.56 Å². The fraction of sp³-hybridized carbons (Fsp3) is 0.300. The lowest BCUT2D eigenvalue weighted by molar-refractivity contribution is 0.0978. The van der Waals surface area contributed by atoms with Crippen LogP contribution < -0.4 is 4.18 Å². The van der Waals surface area contributed by atoms with E-state index in [1.165, 1.54) is 0 Å². The second kappa shape index (κ2) is 5.23. The molecule has 0 radical (unpaired) electrons. The topological polar surface area (TPSA) is 121 Å². The van der Waals surface area contributed by atoms with Gasteiger partial charge in [0.25, 0.3) is 0 Å². The smallest absolute Gasteiger partial charge is 0.446 e. The van der Waals surface area contributed by atoms with Gasteiger partial charge in [0.15, 0.2) is 17.3 Å². The second-order valence-corrected chi connectivity index (χ2v) is 4.54. The summed E-state index contributed by atoms with van der Waals surface area (Å²) in [5.74, 6) is -2.27. The fourth-order valence-electron chi connectivity index (χ4n) is 1.32. The van der Waals surface area contributed by atoms with Crippen molar-refractivity contribution in [1.82, 2.24) is 0 Å². The van der Waals surface area contributed by atoms with Crippen LogP contribution in [-0.2, 0) is 10.4 Å². The average Bonchev–Trinajstić information content (AvgIpc) is 2.20. The van der Waals surface area contributed by atoms with E-state index in [1.54, 1.807) is 6.92 Å². The summed E-state index contributed by atoms with van der Waals surface area (Å²) in [7, 11) is -4.82. The van der Waals surface area contributed by atoms with Crippen molar-refractivity contribution in [3.05, 3.63) is 17.7 Å². The summed E-state index contributed by atoms with van der Waals surface area (Å²) >= 11 is 0. The normalized spacial score (nSPS) is 11.2. The number of carbonyl (C=O) groups excluding carboxylic acids is 1. The highest BCUT2D eigenvalue weighted by atomic mass is 32.3. The van der Waals surface area contributed by atoms with E-state index < -0.39 is 33.4 Å². The van der Waals surface area contributed by atoms with Gasteiger partial charge in [-0.2, -0.15) is 8.42 Å². The fourth-order valence-corrected chi connectivity index (χ4v) is 1.68. The maximum Gasteiger partial charge on any atom is 0.446 e. The molecule has 0 aliphatic heterocycles. The summed E-state index contributed by atoms with van der Waals surface area (Å²) in [5, 5.41) is 18.8. The predicted molar refractivity (Wildman–Crippen MR) is 61.2 cm³/mol. The molecule has 0 aliphatic rings. The zero-order chi connectivity index (χ0) is 13.9. The standard InChI is InChI=1S/C10H12O7S/c1-2-3-7(11)6-4-10(17-18(14,15)16)9(13)5-8(6)12/h4-5,12-13H,2-3H2,1H3,(H,14,15,16). The maximum atomic E-state index is 11.6. The molecule has 0 aliphatic carbocycles. The van der Waals surface area contributed by atoms with Crippen LogP contribution in [0.1, 0.15) is 30.1 Å². The Balaban J connectivity index is 3.22. The molecule has 7 nitrogen and oxygen atoms in total. The van der Waals surface area contributed by atoms with Crippen molar-refractivity contribution in [3.8, 4) is 17.2 Å².